The third kappa shape index (κ3) is 3.20. The van der Waals surface area contributed by atoms with Crippen molar-refractivity contribution in [1.82, 2.24) is 4.90 Å². The van der Waals surface area contributed by atoms with Crippen LogP contribution in [0.2, 0.25) is 5.02 Å². The summed E-state index contributed by atoms with van der Waals surface area (Å²) in [5, 5.41) is 0.732. The highest BCUT2D eigenvalue weighted by Gasteiger charge is 2.42. The largest absolute Gasteiger partial charge is 0.487 e. The molecule has 21 heavy (non-hydrogen) atoms. The number of nitrogens with two attached hydrogens (primary N) is 1. The van der Waals surface area contributed by atoms with Crippen LogP contribution in [-0.2, 0) is 0 Å². The number of ether oxygens (including phenoxy) is 1. The number of hydrogen-bond acceptors (Lipinski definition) is 3. The molecule has 0 saturated carbocycles. The minimum atomic E-state index is -0.0757. The lowest BCUT2D eigenvalue weighted by molar-refractivity contribution is -0.0236. The van der Waals surface area contributed by atoms with Crippen LogP contribution in [0.25, 0.3) is 0 Å². The van der Waals surface area contributed by atoms with Crippen molar-refractivity contribution >= 4 is 11.6 Å². The number of fused-ring (bicyclic) bond motifs is 1. The molecule has 0 aliphatic carbocycles. The van der Waals surface area contributed by atoms with Gasteiger partial charge in [0.25, 0.3) is 0 Å². The smallest absolute Gasteiger partial charge is 0.125 e. The maximum atomic E-state index is 6.38. The van der Waals surface area contributed by atoms with Crippen molar-refractivity contribution in [1.29, 1.82) is 0 Å². The topological polar surface area (TPSA) is 38.5 Å². The lowest BCUT2D eigenvalue weighted by atomic mass is 9.81. The fraction of sp³-hybridized carbons (Fsp3) is 0.647. The first kappa shape index (κ1) is 15.1. The summed E-state index contributed by atoms with van der Waals surface area (Å²) in [4.78, 5) is 2.54. The van der Waals surface area contributed by atoms with E-state index in [4.69, 9.17) is 22.1 Å². The first-order valence-electron chi connectivity index (χ1n) is 7.94. The van der Waals surface area contributed by atoms with E-state index in [-0.39, 0.29) is 11.6 Å². The molecular weight excluding hydrogens is 284 g/mol. The lowest BCUT2D eigenvalue weighted by Gasteiger charge is -2.46. The van der Waals surface area contributed by atoms with Gasteiger partial charge in [0.05, 0.1) is 0 Å². The third-order valence-electron chi connectivity index (χ3n) is 4.68. The second-order valence-electron chi connectivity index (χ2n) is 6.97. The zero-order valence-electron chi connectivity index (χ0n) is 12.9. The second-order valence-corrected chi connectivity index (χ2v) is 7.41. The molecule has 2 aliphatic rings. The standard InChI is InChI=1S/C17H25ClN2O/c1-12(2)11-20-7-5-17(6-8-20)10-15(19)14-9-13(18)3-4-16(14)21-17/h3-4,9,12,15H,5-8,10-11,19H2,1-2H3/t15-/m0/s1. The summed E-state index contributed by atoms with van der Waals surface area (Å²) >= 11 is 6.07. The number of benzene rings is 1. The summed E-state index contributed by atoms with van der Waals surface area (Å²) in [6.07, 6.45) is 3.03. The van der Waals surface area contributed by atoms with Crippen LogP contribution in [0, 0.1) is 5.92 Å². The number of piperidine rings is 1. The Morgan fingerprint density at radius 2 is 2.10 bits per heavy atom. The average molecular weight is 309 g/mol. The fourth-order valence-electron chi connectivity index (χ4n) is 3.65. The zero-order valence-corrected chi connectivity index (χ0v) is 13.7. The molecule has 0 unspecified atom stereocenters. The van der Waals surface area contributed by atoms with E-state index in [9.17, 15) is 0 Å². The van der Waals surface area contributed by atoms with Crippen LogP contribution in [0.15, 0.2) is 18.2 Å². The van der Waals surface area contributed by atoms with Gasteiger partial charge in [0.1, 0.15) is 11.4 Å². The van der Waals surface area contributed by atoms with Crippen molar-refractivity contribution in [3.05, 3.63) is 28.8 Å². The summed E-state index contributed by atoms with van der Waals surface area (Å²) in [6.45, 7) is 7.94. The Morgan fingerprint density at radius 1 is 1.38 bits per heavy atom. The number of hydrogen-bond donors (Lipinski definition) is 1. The molecule has 116 valence electrons. The van der Waals surface area contributed by atoms with E-state index >= 15 is 0 Å². The molecule has 1 aromatic carbocycles. The number of halogens is 1. The number of likely N-dealkylation sites (tertiary alicyclic amines) is 1. The molecule has 2 N–H and O–H groups in total. The molecule has 0 bridgehead atoms. The highest BCUT2D eigenvalue weighted by atomic mass is 35.5. The van der Waals surface area contributed by atoms with E-state index < -0.39 is 0 Å². The predicted octanol–water partition coefficient (Wildman–Crippen LogP) is 3.61. The Balaban J connectivity index is 1.73. The Kier molecular flexibility index (Phi) is 4.17. The van der Waals surface area contributed by atoms with Crippen molar-refractivity contribution in [3.63, 3.8) is 0 Å². The van der Waals surface area contributed by atoms with E-state index in [1.165, 1.54) is 6.54 Å². The van der Waals surface area contributed by atoms with Gasteiger partial charge in [-0.25, -0.2) is 0 Å². The van der Waals surface area contributed by atoms with Crippen LogP contribution in [0.4, 0.5) is 0 Å². The van der Waals surface area contributed by atoms with Gasteiger partial charge in [-0.05, 0) is 37.0 Å². The Morgan fingerprint density at radius 3 is 2.76 bits per heavy atom. The molecule has 1 atom stereocenters. The number of nitrogens with zero attached hydrogens (tertiary/aromatic N) is 1. The second kappa shape index (κ2) is 5.79. The van der Waals surface area contributed by atoms with Gasteiger partial charge in [-0.2, -0.15) is 0 Å². The Labute approximate surface area is 132 Å². The van der Waals surface area contributed by atoms with Gasteiger partial charge in [-0.1, -0.05) is 25.4 Å². The SMILES string of the molecule is CC(C)CN1CCC2(CC1)C[C@H](N)c1cc(Cl)ccc1O2. The molecule has 2 aliphatic heterocycles. The third-order valence-corrected chi connectivity index (χ3v) is 4.92. The van der Waals surface area contributed by atoms with Gasteiger partial charge in [0.2, 0.25) is 0 Å². The maximum absolute atomic E-state index is 6.38. The molecule has 1 spiro atoms. The molecule has 2 heterocycles. The summed E-state index contributed by atoms with van der Waals surface area (Å²) in [5.74, 6) is 1.65. The van der Waals surface area contributed by atoms with Crippen molar-refractivity contribution in [3.8, 4) is 5.75 Å². The zero-order chi connectivity index (χ0) is 15.0. The van der Waals surface area contributed by atoms with E-state index in [1.807, 2.05) is 18.2 Å². The van der Waals surface area contributed by atoms with Crippen molar-refractivity contribution < 1.29 is 4.74 Å². The molecule has 3 rings (SSSR count). The van der Waals surface area contributed by atoms with Crippen LogP contribution in [0.5, 0.6) is 5.75 Å². The molecule has 1 aromatic rings. The van der Waals surface area contributed by atoms with Gasteiger partial charge in [0, 0.05) is 42.7 Å². The molecule has 0 amide bonds. The van der Waals surface area contributed by atoms with Crippen LogP contribution < -0.4 is 10.5 Å². The van der Waals surface area contributed by atoms with Gasteiger partial charge >= 0.3 is 0 Å². The van der Waals surface area contributed by atoms with Crippen molar-refractivity contribution in [2.75, 3.05) is 19.6 Å². The van der Waals surface area contributed by atoms with Gasteiger partial charge in [-0.15, -0.1) is 0 Å². The first-order valence-corrected chi connectivity index (χ1v) is 8.32. The Hall–Kier alpha value is -0.770. The number of rotatable bonds is 2. The van der Waals surface area contributed by atoms with Crippen LogP contribution >= 0.6 is 11.6 Å². The molecule has 3 nitrogen and oxygen atoms in total. The van der Waals surface area contributed by atoms with Gasteiger partial charge in [0.15, 0.2) is 0 Å². The average Bonchev–Trinajstić information content (AvgIpc) is 2.42. The van der Waals surface area contributed by atoms with E-state index in [2.05, 4.69) is 18.7 Å². The first-order chi connectivity index (χ1) is 9.97. The summed E-state index contributed by atoms with van der Waals surface area (Å²) in [7, 11) is 0. The van der Waals surface area contributed by atoms with E-state index in [1.54, 1.807) is 0 Å². The van der Waals surface area contributed by atoms with Crippen molar-refractivity contribution in [2.45, 2.75) is 44.8 Å². The van der Waals surface area contributed by atoms with Gasteiger partial charge < -0.3 is 15.4 Å². The fourth-order valence-corrected chi connectivity index (χ4v) is 3.83. The van der Waals surface area contributed by atoms with E-state index in [0.29, 0.717) is 0 Å². The normalized spacial score (nSPS) is 24.9. The highest BCUT2D eigenvalue weighted by molar-refractivity contribution is 6.30. The monoisotopic (exact) mass is 308 g/mol. The quantitative estimate of drug-likeness (QED) is 0.907. The van der Waals surface area contributed by atoms with Crippen LogP contribution in [0.1, 0.15) is 44.7 Å². The van der Waals surface area contributed by atoms with Crippen LogP contribution in [0.3, 0.4) is 0 Å². The van der Waals surface area contributed by atoms with E-state index in [0.717, 1.165) is 54.6 Å². The molecule has 4 heteroatoms. The van der Waals surface area contributed by atoms with Crippen LogP contribution in [-0.4, -0.2) is 30.1 Å². The minimum Gasteiger partial charge on any atom is -0.487 e. The van der Waals surface area contributed by atoms with Gasteiger partial charge in [-0.3, -0.25) is 0 Å². The highest BCUT2D eigenvalue weighted by Crippen LogP contribution is 2.44. The Bertz CT molecular complexity index is 510. The molecule has 0 radical (unpaired) electrons. The minimum absolute atomic E-state index is 0.0316. The maximum Gasteiger partial charge on any atom is 0.125 e. The van der Waals surface area contributed by atoms with Crippen molar-refractivity contribution in [2.24, 2.45) is 11.7 Å². The summed E-state index contributed by atoms with van der Waals surface area (Å²) in [6, 6.07) is 5.84. The molecule has 1 fully saturated rings. The predicted molar refractivity (Wildman–Crippen MR) is 86.9 cm³/mol. The molecule has 1 saturated heterocycles. The summed E-state index contributed by atoms with van der Waals surface area (Å²) in [5.41, 5.74) is 7.36. The lowest BCUT2D eigenvalue weighted by Crippen LogP contribution is -2.51. The molecule has 0 aromatic heterocycles. The molecular formula is C17H25ClN2O. The summed E-state index contributed by atoms with van der Waals surface area (Å²) < 4.78 is 6.37.